The molecule has 84 valence electrons. The Morgan fingerprint density at radius 2 is 2.25 bits per heavy atom. The van der Waals surface area contributed by atoms with Gasteiger partial charge in [-0.25, -0.2) is 4.99 Å². The molecule has 1 aromatic carbocycles. The smallest absolute Gasteiger partial charge is 0.110 e. The third-order valence-corrected chi connectivity index (χ3v) is 3.18. The molecule has 0 aromatic heterocycles. The van der Waals surface area contributed by atoms with E-state index in [9.17, 15) is 5.11 Å². The summed E-state index contributed by atoms with van der Waals surface area (Å²) < 4.78 is 0. The van der Waals surface area contributed by atoms with Crippen LogP contribution in [0.1, 0.15) is 29.5 Å². The van der Waals surface area contributed by atoms with E-state index in [4.69, 9.17) is 0 Å². The molecule has 0 radical (unpaired) electrons. The van der Waals surface area contributed by atoms with Crippen LogP contribution in [-0.2, 0) is 6.61 Å². The van der Waals surface area contributed by atoms with Crippen molar-refractivity contribution in [2.24, 2.45) is 9.98 Å². The Bertz CT molecular complexity index is 449. The lowest BCUT2D eigenvalue weighted by atomic mass is 9.90. The summed E-state index contributed by atoms with van der Waals surface area (Å²) in [7, 11) is 0. The van der Waals surface area contributed by atoms with Gasteiger partial charge in [-0.2, -0.15) is 0 Å². The van der Waals surface area contributed by atoms with Crippen molar-refractivity contribution in [1.29, 1.82) is 0 Å². The molecule has 0 spiro atoms. The van der Waals surface area contributed by atoms with Gasteiger partial charge in [0, 0.05) is 11.6 Å². The minimum Gasteiger partial charge on any atom is -0.392 e. The average Bonchev–Trinajstić information content (AvgIpc) is 2.82. The van der Waals surface area contributed by atoms with Crippen LogP contribution in [0.3, 0.4) is 0 Å². The minimum absolute atomic E-state index is 0.0926. The minimum atomic E-state index is 0.0926. The standard InChI is InChI=1S/C13H16N2O/c1-9-11(7-16)4-3-5-12(9)10(2)13-6-14-8-15-13/h3-5,8,10,16H,6-7H2,1-2H3/t10-/m0/s1. The molecule has 0 unspecified atom stereocenters. The molecule has 0 aliphatic carbocycles. The van der Waals surface area contributed by atoms with Crippen LogP contribution < -0.4 is 0 Å². The predicted octanol–water partition coefficient (Wildman–Crippen LogP) is 2.07. The van der Waals surface area contributed by atoms with Crippen LogP contribution in [0.5, 0.6) is 0 Å². The Kier molecular flexibility index (Phi) is 3.15. The number of hydrogen-bond donors (Lipinski definition) is 1. The lowest BCUT2D eigenvalue weighted by Gasteiger charge is -2.16. The van der Waals surface area contributed by atoms with E-state index in [1.165, 1.54) is 5.56 Å². The van der Waals surface area contributed by atoms with Crippen molar-refractivity contribution < 1.29 is 5.11 Å². The molecule has 3 heteroatoms. The van der Waals surface area contributed by atoms with Crippen molar-refractivity contribution in [3.63, 3.8) is 0 Å². The summed E-state index contributed by atoms with van der Waals surface area (Å²) in [5.41, 5.74) is 4.48. The Morgan fingerprint density at radius 3 is 2.88 bits per heavy atom. The van der Waals surface area contributed by atoms with Crippen LogP contribution >= 0.6 is 0 Å². The van der Waals surface area contributed by atoms with Gasteiger partial charge in [-0.15, -0.1) is 0 Å². The quantitative estimate of drug-likeness (QED) is 0.826. The zero-order valence-corrected chi connectivity index (χ0v) is 9.64. The molecule has 1 aromatic rings. The monoisotopic (exact) mass is 216 g/mol. The van der Waals surface area contributed by atoms with Gasteiger partial charge in [0.2, 0.25) is 0 Å². The molecule has 1 aliphatic rings. The number of benzene rings is 1. The van der Waals surface area contributed by atoms with Crippen LogP contribution in [0.25, 0.3) is 0 Å². The number of hydrogen-bond acceptors (Lipinski definition) is 3. The Labute approximate surface area is 95.6 Å². The number of aliphatic hydroxyl groups excluding tert-OH is 1. The molecule has 0 amide bonds. The summed E-state index contributed by atoms with van der Waals surface area (Å²) in [5, 5.41) is 9.24. The summed E-state index contributed by atoms with van der Waals surface area (Å²) in [6.45, 7) is 4.98. The van der Waals surface area contributed by atoms with Gasteiger partial charge in [0.15, 0.2) is 0 Å². The molecule has 0 saturated heterocycles. The highest BCUT2D eigenvalue weighted by Gasteiger charge is 2.17. The van der Waals surface area contributed by atoms with Gasteiger partial charge in [-0.05, 0) is 23.6 Å². The van der Waals surface area contributed by atoms with E-state index in [1.54, 1.807) is 6.34 Å². The lowest BCUT2D eigenvalue weighted by Crippen LogP contribution is -2.12. The molecule has 1 aliphatic heterocycles. The Balaban J connectivity index is 2.33. The zero-order valence-electron chi connectivity index (χ0n) is 9.64. The van der Waals surface area contributed by atoms with Gasteiger partial charge in [-0.1, -0.05) is 25.1 Å². The third kappa shape index (κ3) is 1.91. The largest absolute Gasteiger partial charge is 0.392 e. The number of rotatable bonds is 3. The molecule has 16 heavy (non-hydrogen) atoms. The summed E-state index contributed by atoms with van der Waals surface area (Å²) in [6.07, 6.45) is 1.62. The van der Waals surface area contributed by atoms with Gasteiger partial charge < -0.3 is 5.11 Å². The maximum absolute atomic E-state index is 9.24. The van der Waals surface area contributed by atoms with Crippen molar-refractivity contribution >= 4 is 12.1 Å². The number of aliphatic hydroxyl groups is 1. The highest BCUT2D eigenvalue weighted by atomic mass is 16.3. The number of aliphatic imine (C=N–C) groups is 2. The van der Waals surface area contributed by atoms with Crippen molar-refractivity contribution in [3.05, 3.63) is 34.9 Å². The first-order chi connectivity index (χ1) is 7.74. The molecule has 0 fully saturated rings. The van der Waals surface area contributed by atoms with E-state index >= 15 is 0 Å². The fourth-order valence-electron chi connectivity index (χ4n) is 2.06. The molecule has 1 heterocycles. The fourth-order valence-corrected chi connectivity index (χ4v) is 2.06. The predicted molar refractivity (Wildman–Crippen MR) is 66.3 cm³/mol. The van der Waals surface area contributed by atoms with E-state index in [2.05, 4.69) is 23.0 Å². The normalized spacial score (nSPS) is 16.3. The highest BCUT2D eigenvalue weighted by Crippen LogP contribution is 2.24. The first-order valence-electron chi connectivity index (χ1n) is 5.48. The van der Waals surface area contributed by atoms with Crippen LogP contribution in [-0.4, -0.2) is 23.7 Å². The number of nitrogens with zero attached hydrogens (tertiary/aromatic N) is 2. The maximum atomic E-state index is 9.24. The van der Waals surface area contributed by atoms with Crippen molar-refractivity contribution in [2.45, 2.75) is 26.4 Å². The van der Waals surface area contributed by atoms with Crippen molar-refractivity contribution in [3.8, 4) is 0 Å². The van der Waals surface area contributed by atoms with E-state index < -0.39 is 0 Å². The molecular weight excluding hydrogens is 200 g/mol. The zero-order chi connectivity index (χ0) is 11.5. The highest BCUT2D eigenvalue weighted by molar-refractivity contribution is 6.00. The van der Waals surface area contributed by atoms with Crippen LogP contribution in [0.4, 0.5) is 0 Å². The summed E-state index contributed by atoms with van der Waals surface area (Å²) in [4.78, 5) is 8.38. The molecule has 3 nitrogen and oxygen atoms in total. The SMILES string of the molecule is Cc1c(CO)cccc1[C@H](C)C1=NC=NC1. The molecule has 0 bridgehead atoms. The molecule has 1 N–H and O–H groups in total. The van der Waals surface area contributed by atoms with Crippen molar-refractivity contribution in [1.82, 2.24) is 0 Å². The van der Waals surface area contributed by atoms with Gasteiger partial charge in [-0.3, -0.25) is 4.99 Å². The summed E-state index contributed by atoms with van der Waals surface area (Å²) in [6, 6.07) is 6.04. The second-order valence-corrected chi connectivity index (χ2v) is 4.09. The molecular formula is C13H16N2O. The molecule has 2 rings (SSSR count). The summed E-state index contributed by atoms with van der Waals surface area (Å²) >= 11 is 0. The van der Waals surface area contributed by atoms with Crippen LogP contribution in [0.15, 0.2) is 28.2 Å². The van der Waals surface area contributed by atoms with E-state index in [0.29, 0.717) is 6.54 Å². The van der Waals surface area contributed by atoms with Crippen LogP contribution in [0, 0.1) is 6.92 Å². The van der Waals surface area contributed by atoms with Gasteiger partial charge in [0.25, 0.3) is 0 Å². The molecule has 0 saturated carbocycles. The Morgan fingerprint density at radius 1 is 1.44 bits per heavy atom. The van der Waals surface area contributed by atoms with E-state index in [0.717, 1.165) is 16.8 Å². The lowest BCUT2D eigenvalue weighted by molar-refractivity contribution is 0.281. The Hall–Kier alpha value is -1.48. The van der Waals surface area contributed by atoms with Gasteiger partial charge in [0.05, 0.1) is 13.2 Å². The van der Waals surface area contributed by atoms with Gasteiger partial charge in [0.1, 0.15) is 6.34 Å². The first kappa shape index (κ1) is 11.0. The van der Waals surface area contributed by atoms with E-state index in [-0.39, 0.29) is 12.5 Å². The van der Waals surface area contributed by atoms with Crippen LogP contribution in [0.2, 0.25) is 0 Å². The first-order valence-corrected chi connectivity index (χ1v) is 5.48. The van der Waals surface area contributed by atoms with E-state index in [1.807, 2.05) is 19.1 Å². The second-order valence-electron chi connectivity index (χ2n) is 4.09. The fraction of sp³-hybridized carbons (Fsp3) is 0.385. The van der Waals surface area contributed by atoms with Crippen molar-refractivity contribution in [2.75, 3.05) is 6.54 Å². The van der Waals surface area contributed by atoms with Gasteiger partial charge >= 0.3 is 0 Å². The second kappa shape index (κ2) is 4.58. The topological polar surface area (TPSA) is 45.0 Å². The average molecular weight is 216 g/mol. The maximum Gasteiger partial charge on any atom is 0.110 e. The molecule has 1 atom stereocenters. The third-order valence-electron chi connectivity index (χ3n) is 3.18. The summed E-state index contributed by atoms with van der Waals surface area (Å²) in [5.74, 6) is 0.272.